The molecule has 112 valence electrons. The highest BCUT2D eigenvalue weighted by molar-refractivity contribution is 7.80. The zero-order chi connectivity index (χ0) is 15.0. The van der Waals surface area contributed by atoms with Gasteiger partial charge < -0.3 is 10.5 Å². The van der Waals surface area contributed by atoms with Gasteiger partial charge in [-0.1, -0.05) is 45.3 Å². The Hall–Kier alpha value is -1.00. The van der Waals surface area contributed by atoms with E-state index in [9.17, 15) is 4.39 Å². The first kappa shape index (κ1) is 17.1. The summed E-state index contributed by atoms with van der Waals surface area (Å²) in [5.74, 6) is 0.281. The Morgan fingerprint density at radius 3 is 2.75 bits per heavy atom. The van der Waals surface area contributed by atoms with E-state index in [-0.39, 0.29) is 17.4 Å². The number of thiocarbonyl (C=S) groups is 1. The first-order valence-corrected chi connectivity index (χ1v) is 7.65. The van der Waals surface area contributed by atoms with Gasteiger partial charge in [-0.3, -0.25) is 0 Å². The zero-order valence-corrected chi connectivity index (χ0v) is 13.1. The summed E-state index contributed by atoms with van der Waals surface area (Å²) in [6.45, 7) is 5.29. The molecule has 1 aromatic rings. The van der Waals surface area contributed by atoms with Crippen LogP contribution in [0.4, 0.5) is 4.39 Å². The lowest BCUT2D eigenvalue weighted by Gasteiger charge is -2.15. The van der Waals surface area contributed by atoms with Crippen LogP contribution in [-0.4, -0.2) is 11.6 Å². The van der Waals surface area contributed by atoms with Crippen molar-refractivity contribution in [3.8, 4) is 0 Å². The van der Waals surface area contributed by atoms with Crippen LogP contribution in [0.2, 0.25) is 0 Å². The van der Waals surface area contributed by atoms with Gasteiger partial charge in [-0.15, -0.1) is 0 Å². The Balaban J connectivity index is 2.52. The third kappa shape index (κ3) is 5.55. The van der Waals surface area contributed by atoms with E-state index in [0.717, 1.165) is 6.42 Å². The minimum absolute atomic E-state index is 0.269. The molecule has 1 unspecified atom stereocenters. The minimum atomic E-state index is -0.272. The van der Waals surface area contributed by atoms with Gasteiger partial charge in [0, 0.05) is 17.7 Å². The quantitative estimate of drug-likeness (QED) is 0.694. The highest BCUT2D eigenvalue weighted by Crippen LogP contribution is 2.16. The predicted molar refractivity (Wildman–Crippen MR) is 85.2 cm³/mol. The number of unbranched alkanes of at least 4 members (excludes halogenated alkanes) is 1. The average molecular weight is 297 g/mol. The fourth-order valence-electron chi connectivity index (χ4n) is 2.07. The normalized spacial score (nSPS) is 12.3. The molecule has 1 atom stereocenters. The van der Waals surface area contributed by atoms with Crippen molar-refractivity contribution in [2.75, 3.05) is 6.61 Å². The highest BCUT2D eigenvalue weighted by atomic mass is 32.1. The van der Waals surface area contributed by atoms with E-state index in [2.05, 4.69) is 13.8 Å². The SMILES string of the molecule is CCCCC(CC)COCc1cc(C(N)=S)ccc1F. The van der Waals surface area contributed by atoms with E-state index in [1.807, 2.05) is 0 Å². The van der Waals surface area contributed by atoms with Crippen molar-refractivity contribution in [2.24, 2.45) is 11.7 Å². The summed E-state index contributed by atoms with van der Waals surface area (Å²) >= 11 is 4.90. The fourth-order valence-corrected chi connectivity index (χ4v) is 2.20. The maximum absolute atomic E-state index is 13.7. The van der Waals surface area contributed by atoms with Crippen molar-refractivity contribution in [3.05, 3.63) is 35.1 Å². The summed E-state index contributed by atoms with van der Waals surface area (Å²) in [7, 11) is 0. The van der Waals surface area contributed by atoms with Crippen LogP contribution in [0.25, 0.3) is 0 Å². The van der Waals surface area contributed by atoms with Crippen LogP contribution >= 0.6 is 12.2 Å². The molecule has 20 heavy (non-hydrogen) atoms. The lowest BCUT2D eigenvalue weighted by atomic mass is 10.0. The number of ether oxygens (including phenoxy) is 1. The van der Waals surface area contributed by atoms with Crippen LogP contribution in [0.3, 0.4) is 0 Å². The molecule has 0 amide bonds. The standard InChI is InChI=1S/C16H24FNOS/c1-3-5-6-12(4-2)10-19-11-14-9-13(16(18)20)7-8-15(14)17/h7-9,12H,3-6,10-11H2,1-2H3,(H2,18,20). The Morgan fingerprint density at radius 1 is 1.40 bits per heavy atom. The molecular formula is C16H24FNOS. The molecule has 0 aliphatic heterocycles. The van der Waals surface area contributed by atoms with E-state index < -0.39 is 0 Å². The smallest absolute Gasteiger partial charge is 0.128 e. The number of halogens is 1. The van der Waals surface area contributed by atoms with Gasteiger partial charge in [0.2, 0.25) is 0 Å². The third-order valence-electron chi connectivity index (χ3n) is 3.48. The molecule has 0 saturated heterocycles. The molecule has 0 fully saturated rings. The van der Waals surface area contributed by atoms with Gasteiger partial charge in [0.05, 0.1) is 6.61 Å². The van der Waals surface area contributed by atoms with Crippen molar-refractivity contribution in [1.82, 2.24) is 0 Å². The highest BCUT2D eigenvalue weighted by Gasteiger charge is 2.09. The second-order valence-electron chi connectivity index (χ2n) is 5.10. The van der Waals surface area contributed by atoms with Crippen LogP contribution in [0.15, 0.2) is 18.2 Å². The van der Waals surface area contributed by atoms with E-state index in [1.165, 1.54) is 25.3 Å². The van der Waals surface area contributed by atoms with Crippen molar-refractivity contribution < 1.29 is 9.13 Å². The van der Waals surface area contributed by atoms with Crippen LogP contribution in [0, 0.1) is 11.7 Å². The Morgan fingerprint density at radius 2 is 2.15 bits per heavy atom. The van der Waals surface area contributed by atoms with Crippen molar-refractivity contribution in [2.45, 2.75) is 46.1 Å². The Kier molecular flexibility index (Phi) is 7.70. The fraction of sp³-hybridized carbons (Fsp3) is 0.562. The average Bonchev–Trinajstić information content (AvgIpc) is 2.44. The molecule has 2 N–H and O–H groups in total. The summed E-state index contributed by atoms with van der Waals surface area (Å²) < 4.78 is 19.3. The van der Waals surface area contributed by atoms with E-state index in [4.69, 9.17) is 22.7 Å². The number of rotatable bonds is 9. The number of hydrogen-bond acceptors (Lipinski definition) is 2. The van der Waals surface area contributed by atoms with E-state index >= 15 is 0 Å². The Bertz CT molecular complexity index is 436. The van der Waals surface area contributed by atoms with Gasteiger partial charge in [-0.25, -0.2) is 4.39 Å². The molecule has 0 bridgehead atoms. The summed E-state index contributed by atoms with van der Waals surface area (Å²) in [4.78, 5) is 0.278. The molecule has 0 aromatic heterocycles. The topological polar surface area (TPSA) is 35.2 Å². The van der Waals surface area contributed by atoms with Crippen LogP contribution in [-0.2, 0) is 11.3 Å². The maximum Gasteiger partial charge on any atom is 0.128 e. The van der Waals surface area contributed by atoms with Crippen molar-refractivity contribution in [1.29, 1.82) is 0 Å². The predicted octanol–water partition coefficient (Wildman–Crippen LogP) is 4.19. The minimum Gasteiger partial charge on any atom is -0.389 e. The van der Waals surface area contributed by atoms with Gasteiger partial charge >= 0.3 is 0 Å². The van der Waals surface area contributed by atoms with Crippen molar-refractivity contribution >= 4 is 17.2 Å². The molecular weight excluding hydrogens is 273 g/mol. The second-order valence-corrected chi connectivity index (χ2v) is 5.54. The first-order chi connectivity index (χ1) is 9.58. The Labute approximate surface area is 126 Å². The van der Waals surface area contributed by atoms with Crippen LogP contribution in [0.5, 0.6) is 0 Å². The molecule has 0 heterocycles. The van der Waals surface area contributed by atoms with Crippen LogP contribution < -0.4 is 5.73 Å². The van der Waals surface area contributed by atoms with Gasteiger partial charge in [0.15, 0.2) is 0 Å². The maximum atomic E-state index is 13.7. The zero-order valence-electron chi connectivity index (χ0n) is 12.3. The summed E-state index contributed by atoms with van der Waals surface area (Å²) in [5, 5.41) is 0. The lowest BCUT2D eigenvalue weighted by Crippen LogP contribution is -2.12. The van der Waals surface area contributed by atoms with Gasteiger partial charge in [-0.2, -0.15) is 0 Å². The third-order valence-corrected chi connectivity index (χ3v) is 3.72. The first-order valence-electron chi connectivity index (χ1n) is 7.24. The van der Waals surface area contributed by atoms with Gasteiger partial charge in [0.25, 0.3) is 0 Å². The molecule has 1 rings (SSSR count). The molecule has 4 heteroatoms. The number of benzene rings is 1. The van der Waals surface area contributed by atoms with Gasteiger partial charge in [-0.05, 0) is 30.5 Å². The molecule has 0 radical (unpaired) electrons. The molecule has 0 aliphatic carbocycles. The molecule has 2 nitrogen and oxygen atoms in total. The molecule has 0 saturated carbocycles. The summed E-state index contributed by atoms with van der Waals surface area (Å²) in [6, 6.07) is 4.66. The van der Waals surface area contributed by atoms with Crippen LogP contribution in [0.1, 0.15) is 50.7 Å². The molecule has 0 spiro atoms. The van der Waals surface area contributed by atoms with Crippen molar-refractivity contribution in [3.63, 3.8) is 0 Å². The van der Waals surface area contributed by atoms with E-state index in [0.29, 0.717) is 23.7 Å². The summed E-state index contributed by atoms with van der Waals surface area (Å²) in [5.41, 5.74) is 6.75. The largest absolute Gasteiger partial charge is 0.389 e. The monoisotopic (exact) mass is 297 g/mol. The number of hydrogen-bond donors (Lipinski definition) is 1. The summed E-state index contributed by atoms with van der Waals surface area (Å²) in [6.07, 6.45) is 4.67. The lowest BCUT2D eigenvalue weighted by molar-refractivity contribution is 0.0802. The molecule has 0 aliphatic rings. The van der Waals surface area contributed by atoms with E-state index in [1.54, 1.807) is 12.1 Å². The van der Waals surface area contributed by atoms with Gasteiger partial charge in [0.1, 0.15) is 10.8 Å². The second kappa shape index (κ2) is 9.03. The number of nitrogens with two attached hydrogens (primary N) is 1. The molecule has 1 aromatic carbocycles.